The van der Waals surface area contributed by atoms with Gasteiger partial charge in [-0.3, -0.25) is 4.79 Å². The summed E-state index contributed by atoms with van der Waals surface area (Å²) in [5, 5.41) is 11.3. The number of rotatable bonds is 5. The molecule has 120 valence electrons. The van der Waals surface area contributed by atoms with Crippen LogP contribution in [0.25, 0.3) is 0 Å². The highest BCUT2D eigenvalue weighted by Gasteiger charge is 2.30. The Morgan fingerprint density at radius 1 is 1.18 bits per heavy atom. The van der Waals surface area contributed by atoms with Gasteiger partial charge in [-0.25, -0.2) is 4.79 Å². The van der Waals surface area contributed by atoms with Crippen molar-refractivity contribution in [3.05, 3.63) is 47.5 Å². The molecule has 1 rings (SSSR count). The summed E-state index contributed by atoms with van der Waals surface area (Å²) in [7, 11) is 0. The number of benzene rings is 1. The van der Waals surface area contributed by atoms with Crippen molar-refractivity contribution in [3.8, 4) is 0 Å². The molecule has 0 radical (unpaired) electrons. The highest BCUT2D eigenvalue weighted by molar-refractivity contribution is 5.95. The van der Waals surface area contributed by atoms with Crippen molar-refractivity contribution in [1.29, 1.82) is 0 Å². The molecular weight excluding hydrogens is 299 g/mol. The predicted molar refractivity (Wildman–Crippen MR) is 73.9 cm³/mol. The molecule has 7 heteroatoms. The molecule has 22 heavy (non-hydrogen) atoms. The van der Waals surface area contributed by atoms with Gasteiger partial charge in [-0.1, -0.05) is 18.7 Å². The molecule has 0 aromatic heterocycles. The Hall–Kier alpha value is -2.31. The monoisotopic (exact) mass is 315 g/mol. The number of carbonyl (C=O) groups is 2. The lowest BCUT2D eigenvalue weighted by Gasteiger charge is -2.18. The first-order valence-corrected chi connectivity index (χ1v) is 6.43. The van der Waals surface area contributed by atoms with Crippen LogP contribution in [-0.2, 0) is 15.8 Å². The molecule has 1 aromatic carbocycles. The van der Waals surface area contributed by atoms with Crippen LogP contribution in [-0.4, -0.2) is 17.0 Å². The number of carboxylic acid groups (broad SMARTS) is 1. The SMILES string of the molecule is C=C(C(=O)O)C(C)C(=O)NC(C)c1ccc(C(F)(F)F)cc1. The van der Waals surface area contributed by atoms with E-state index in [1.54, 1.807) is 6.92 Å². The van der Waals surface area contributed by atoms with Gasteiger partial charge in [0.15, 0.2) is 0 Å². The Balaban J connectivity index is 2.77. The predicted octanol–water partition coefficient (Wildman–Crippen LogP) is 3.16. The topological polar surface area (TPSA) is 66.4 Å². The zero-order valence-electron chi connectivity index (χ0n) is 12.1. The van der Waals surface area contributed by atoms with Crippen LogP contribution in [0, 0.1) is 5.92 Å². The average Bonchev–Trinajstić information content (AvgIpc) is 2.44. The van der Waals surface area contributed by atoms with Crippen molar-refractivity contribution in [2.45, 2.75) is 26.1 Å². The van der Waals surface area contributed by atoms with Gasteiger partial charge in [0, 0.05) is 5.57 Å². The van der Waals surface area contributed by atoms with Crippen molar-refractivity contribution < 1.29 is 27.9 Å². The fraction of sp³-hybridized carbons (Fsp3) is 0.333. The van der Waals surface area contributed by atoms with Gasteiger partial charge in [0.1, 0.15) is 0 Å². The molecule has 0 spiro atoms. The van der Waals surface area contributed by atoms with E-state index >= 15 is 0 Å². The number of aliphatic carboxylic acids is 1. The lowest BCUT2D eigenvalue weighted by atomic mass is 10.0. The second-order valence-electron chi connectivity index (χ2n) is 4.90. The third-order valence-electron chi connectivity index (χ3n) is 3.29. The third-order valence-corrected chi connectivity index (χ3v) is 3.29. The van der Waals surface area contributed by atoms with E-state index in [0.29, 0.717) is 5.56 Å². The summed E-state index contributed by atoms with van der Waals surface area (Å²) in [5.74, 6) is -2.76. The van der Waals surface area contributed by atoms with Crippen molar-refractivity contribution in [2.24, 2.45) is 5.92 Å². The van der Waals surface area contributed by atoms with Gasteiger partial charge in [0.05, 0.1) is 17.5 Å². The number of nitrogens with one attached hydrogen (secondary N) is 1. The normalized spacial score (nSPS) is 14.0. The zero-order valence-corrected chi connectivity index (χ0v) is 12.1. The van der Waals surface area contributed by atoms with E-state index in [0.717, 1.165) is 12.1 Å². The van der Waals surface area contributed by atoms with Gasteiger partial charge in [-0.15, -0.1) is 0 Å². The fourth-order valence-electron chi connectivity index (χ4n) is 1.73. The minimum atomic E-state index is -4.42. The molecule has 4 nitrogen and oxygen atoms in total. The molecule has 0 fully saturated rings. The maximum Gasteiger partial charge on any atom is 0.416 e. The second-order valence-corrected chi connectivity index (χ2v) is 4.90. The second kappa shape index (κ2) is 6.64. The highest BCUT2D eigenvalue weighted by atomic mass is 19.4. The van der Waals surface area contributed by atoms with Gasteiger partial charge in [0.25, 0.3) is 0 Å². The Kier molecular flexibility index (Phi) is 5.35. The summed E-state index contributed by atoms with van der Waals surface area (Å²) in [4.78, 5) is 22.6. The molecule has 1 amide bonds. The third kappa shape index (κ3) is 4.34. The average molecular weight is 315 g/mol. The smallest absolute Gasteiger partial charge is 0.416 e. The number of halogens is 3. The van der Waals surface area contributed by atoms with E-state index in [1.165, 1.54) is 19.1 Å². The van der Waals surface area contributed by atoms with Crippen LogP contribution in [0.2, 0.25) is 0 Å². The number of amides is 1. The van der Waals surface area contributed by atoms with Crippen LogP contribution in [0.1, 0.15) is 31.0 Å². The number of hydrogen-bond acceptors (Lipinski definition) is 2. The van der Waals surface area contributed by atoms with Gasteiger partial charge in [0.2, 0.25) is 5.91 Å². The molecule has 0 bridgehead atoms. The maximum absolute atomic E-state index is 12.5. The van der Waals surface area contributed by atoms with Crippen molar-refractivity contribution >= 4 is 11.9 Å². The van der Waals surface area contributed by atoms with Crippen molar-refractivity contribution in [1.82, 2.24) is 5.32 Å². The molecule has 0 aliphatic rings. The van der Waals surface area contributed by atoms with Crippen molar-refractivity contribution in [2.75, 3.05) is 0 Å². The highest BCUT2D eigenvalue weighted by Crippen LogP contribution is 2.29. The Morgan fingerprint density at radius 3 is 2.09 bits per heavy atom. The minimum Gasteiger partial charge on any atom is -0.478 e. The van der Waals surface area contributed by atoms with Crippen LogP contribution in [0.3, 0.4) is 0 Å². The molecule has 2 atom stereocenters. The van der Waals surface area contributed by atoms with Crippen LogP contribution in [0.15, 0.2) is 36.4 Å². The summed E-state index contributed by atoms with van der Waals surface area (Å²) in [6.45, 7) is 6.30. The van der Waals surface area contributed by atoms with Crippen LogP contribution >= 0.6 is 0 Å². The Labute approximate surface area is 125 Å². The van der Waals surface area contributed by atoms with E-state index < -0.39 is 35.6 Å². The van der Waals surface area contributed by atoms with E-state index in [4.69, 9.17) is 5.11 Å². The lowest BCUT2D eigenvalue weighted by Crippen LogP contribution is -2.33. The van der Waals surface area contributed by atoms with E-state index in [1.807, 2.05) is 0 Å². The van der Waals surface area contributed by atoms with E-state index in [-0.39, 0.29) is 5.57 Å². The molecule has 0 heterocycles. The van der Waals surface area contributed by atoms with Crippen LogP contribution in [0.4, 0.5) is 13.2 Å². The van der Waals surface area contributed by atoms with E-state index in [9.17, 15) is 22.8 Å². The first-order valence-electron chi connectivity index (χ1n) is 6.43. The molecule has 0 saturated heterocycles. The summed E-state index contributed by atoms with van der Waals surface area (Å²) in [6.07, 6.45) is -4.42. The summed E-state index contributed by atoms with van der Waals surface area (Å²) >= 11 is 0. The number of alkyl halides is 3. The summed E-state index contributed by atoms with van der Waals surface area (Å²) < 4.78 is 37.4. The number of carbonyl (C=O) groups excluding carboxylic acids is 1. The van der Waals surface area contributed by atoms with Crippen LogP contribution in [0.5, 0.6) is 0 Å². The molecule has 2 unspecified atom stereocenters. The quantitative estimate of drug-likeness (QED) is 0.820. The molecule has 2 N–H and O–H groups in total. The Bertz CT molecular complexity index is 579. The largest absolute Gasteiger partial charge is 0.478 e. The molecule has 0 aliphatic carbocycles. The molecule has 0 saturated carbocycles. The van der Waals surface area contributed by atoms with Crippen molar-refractivity contribution in [3.63, 3.8) is 0 Å². The van der Waals surface area contributed by atoms with Gasteiger partial charge in [-0.2, -0.15) is 13.2 Å². The maximum atomic E-state index is 12.5. The van der Waals surface area contributed by atoms with E-state index in [2.05, 4.69) is 11.9 Å². The number of hydrogen-bond donors (Lipinski definition) is 2. The van der Waals surface area contributed by atoms with Crippen LogP contribution < -0.4 is 5.32 Å². The van der Waals surface area contributed by atoms with Gasteiger partial charge in [-0.05, 0) is 31.5 Å². The minimum absolute atomic E-state index is 0.253. The summed E-state index contributed by atoms with van der Waals surface area (Å²) in [6, 6.07) is 3.84. The summed E-state index contributed by atoms with van der Waals surface area (Å²) in [5.41, 5.74) is -0.547. The Morgan fingerprint density at radius 2 is 1.68 bits per heavy atom. The van der Waals surface area contributed by atoms with Gasteiger partial charge >= 0.3 is 12.1 Å². The fourth-order valence-corrected chi connectivity index (χ4v) is 1.73. The first kappa shape index (κ1) is 17.7. The molecule has 1 aromatic rings. The molecular formula is C15H16F3NO3. The lowest BCUT2D eigenvalue weighted by molar-refractivity contribution is -0.137. The first-order chi connectivity index (χ1) is 10.0. The molecule has 0 aliphatic heterocycles. The van der Waals surface area contributed by atoms with Gasteiger partial charge < -0.3 is 10.4 Å². The zero-order chi connectivity index (χ0) is 17.1. The number of carboxylic acids is 1. The standard InChI is InChI=1S/C15H16F3NO3/c1-8(9(2)14(21)22)13(20)19-10(3)11-4-6-12(7-5-11)15(16,17)18/h4-8,10H,2H2,1,3H3,(H,19,20)(H,21,22).